The van der Waals surface area contributed by atoms with E-state index in [4.69, 9.17) is 5.11 Å². The van der Waals surface area contributed by atoms with Crippen molar-refractivity contribution < 1.29 is 23.5 Å². The van der Waals surface area contributed by atoms with Crippen molar-refractivity contribution >= 4 is 11.9 Å². The van der Waals surface area contributed by atoms with Crippen molar-refractivity contribution in [3.05, 3.63) is 35.4 Å². The number of aliphatic carboxylic acids is 1. The molecule has 1 rings (SSSR count). The van der Waals surface area contributed by atoms with Crippen LogP contribution in [0.15, 0.2) is 18.2 Å². The van der Waals surface area contributed by atoms with Crippen molar-refractivity contribution in [2.24, 2.45) is 0 Å². The van der Waals surface area contributed by atoms with Gasteiger partial charge in [0.25, 0.3) is 5.91 Å². The van der Waals surface area contributed by atoms with Gasteiger partial charge in [0.2, 0.25) is 0 Å². The molecule has 0 aliphatic carbocycles. The normalized spacial score (nSPS) is 11.1. The third-order valence-corrected chi connectivity index (χ3v) is 2.17. The number of halogens is 2. The molecule has 0 aliphatic heterocycles. The van der Waals surface area contributed by atoms with Crippen molar-refractivity contribution in [3.8, 4) is 0 Å². The molecule has 0 saturated carbocycles. The summed E-state index contributed by atoms with van der Waals surface area (Å²) in [6.07, 6.45) is -0.295. The molecule has 0 aliphatic rings. The molecule has 0 fully saturated rings. The fraction of sp³-hybridized carbons (Fsp3) is 0.333. The van der Waals surface area contributed by atoms with Gasteiger partial charge in [0.15, 0.2) is 0 Å². The van der Waals surface area contributed by atoms with Gasteiger partial charge >= 0.3 is 5.97 Å². The number of carboxylic acids is 1. The Balaban J connectivity index is 2.85. The number of rotatable bonds is 4. The van der Waals surface area contributed by atoms with Gasteiger partial charge in [0, 0.05) is 17.2 Å². The molecule has 1 amide bonds. The molecular weight excluding hydrogens is 244 g/mol. The second kappa shape index (κ2) is 5.12. The zero-order chi connectivity index (χ0) is 13.9. The number of hydrogen-bond donors (Lipinski definition) is 2. The Morgan fingerprint density at radius 1 is 1.22 bits per heavy atom. The highest BCUT2D eigenvalue weighted by molar-refractivity contribution is 5.94. The van der Waals surface area contributed by atoms with Gasteiger partial charge in [-0.25, -0.2) is 8.78 Å². The Hall–Kier alpha value is -1.98. The molecule has 0 heterocycles. The highest BCUT2D eigenvalue weighted by atomic mass is 19.1. The monoisotopic (exact) mass is 257 g/mol. The third-order valence-electron chi connectivity index (χ3n) is 2.17. The van der Waals surface area contributed by atoms with E-state index in [0.29, 0.717) is 6.07 Å². The summed E-state index contributed by atoms with van der Waals surface area (Å²) in [5.74, 6) is -3.53. The number of carbonyl (C=O) groups is 2. The molecule has 0 spiro atoms. The molecule has 0 bridgehead atoms. The van der Waals surface area contributed by atoms with Gasteiger partial charge in [-0.3, -0.25) is 9.59 Å². The van der Waals surface area contributed by atoms with Crippen molar-refractivity contribution in [1.29, 1.82) is 0 Å². The van der Waals surface area contributed by atoms with Crippen molar-refractivity contribution in [3.63, 3.8) is 0 Å². The Morgan fingerprint density at radius 3 is 2.17 bits per heavy atom. The minimum absolute atomic E-state index is 0.189. The Morgan fingerprint density at radius 2 is 1.72 bits per heavy atom. The Labute approximate surface area is 103 Å². The van der Waals surface area contributed by atoms with Crippen LogP contribution in [-0.4, -0.2) is 22.5 Å². The predicted molar refractivity (Wildman–Crippen MR) is 60.2 cm³/mol. The smallest absolute Gasteiger partial charge is 0.305 e. The number of carboxylic acid groups (broad SMARTS) is 1. The lowest BCUT2D eigenvalue weighted by molar-refractivity contribution is -0.138. The molecule has 0 unspecified atom stereocenters. The van der Waals surface area contributed by atoms with Gasteiger partial charge in [0.05, 0.1) is 6.42 Å². The molecule has 0 atom stereocenters. The molecule has 4 nitrogen and oxygen atoms in total. The van der Waals surface area contributed by atoms with Crippen LogP contribution in [0, 0.1) is 11.6 Å². The highest BCUT2D eigenvalue weighted by Gasteiger charge is 2.24. The molecule has 0 aromatic heterocycles. The number of benzene rings is 1. The summed E-state index contributed by atoms with van der Waals surface area (Å²) in [6, 6.07) is 2.42. The van der Waals surface area contributed by atoms with E-state index in [-0.39, 0.29) is 12.0 Å². The van der Waals surface area contributed by atoms with E-state index in [1.807, 2.05) is 0 Å². The average Bonchev–Trinajstić information content (AvgIpc) is 2.12. The van der Waals surface area contributed by atoms with E-state index in [0.717, 1.165) is 12.1 Å². The lowest BCUT2D eigenvalue weighted by Gasteiger charge is -2.24. The maximum absolute atomic E-state index is 12.9. The molecular formula is C12H13F2NO3. The maximum atomic E-state index is 12.9. The first kappa shape index (κ1) is 14.1. The molecule has 18 heavy (non-hydrogen) atoms. The van der Waals surface area contributed by atoms with Gasteiger partial charge < -0.3 is 10.4 Å². The summed E-state index contributed by atoms with van der Waals surface area (Å²) in [5.41, 5.74) is -1.20. The number of nitrogens with one attached hydrogen (secondary N) is 1. The van der Waals surface area contributed by atoms with Crippen LogP contribution in [-0.2, 0) is 4.79 Å². The number of hydrogen-bond acceptors (Lipinski definition) is 2. The van der Waals surface area contributed by atoms with Gasteiger partial charge in [-0.15, -0.1) is 0 Å². The fourth-order valence-electron chi connectivity index (χ4n) is 1.49. The van der Waals surface area contributed by atoms with E-state index < -0.39 is 29.0 Å². The molecule has 1 aromatic rings. The van der Waals surface area contributed by atoms with Crippen LogP contribution in [0.2, 0.25) is 0 Å². The molecule has 2 N–H and O–H groups in total. The zero-order valence-electron chi connectivity index (χ0n) is 9.96. The summed E-state index contributed by atoms with van der Waals surface area (Å²) in [6.45, 7) is 3.02. The first-order valence-corrected chi connectivity index (χ1v) is 5.20. The Bertz CT molecular complexity index is 466. The largest absolute Gasteiger partial charge is 0.481 e. The van der Waals surface area contributed by atoms with Gasteiger partial charge in [-0.05, 0) is 26.0 Å². The predicted octanol–water partition coefficient (Wildman–Crippen LogP) is 1.95. The highest BCUT2D eigenvalue weighted by Crippen LogP contribution is 2.12. The van der Waals surface area contributed by atoms with E-state index in [2.05, 4.69) is 5.32 Å². The lowest BCUT2D eigenvalue weighted by Crippen LogP contribution is -2.45. The van der Waals surface area contributed by atoms with Crippen LogP contribution in [0.4, 0.5) is 8.78 Å². The van der Waals surface area contributed by atoms with Crippen LogP contribution in [0.25, 0.3) is 0 Å². The summed E-state index contributed by atoms with van der Waals surface area (Å²) in [4.78, 5) is 22.3. The molecule has 0 saturated heterocycles. The SMILES string of the molecule is CC(C)(CC(=O)O)NC(=O)c1cc(F)cc(F)c1. The second-order valence-corrected chi connectivity index (χ2v) is 4.57. The lowest BCUT2D eigenvalue weighted by atomic mass is 10.00. The summed E-state index contributed by atoms with van der Waals surface area (Å²) < 4.78 is 25.8. The van der Waals surface area contributed by atoms with Gasteiger partial charge in [0.1, 0.15) is 11.6 Å². The van der Waals surface area contributed by atoms with E-state index in [9.17, 15) is 18.4 Å². The first-order valence-electron chi connectivity index (χ1n) is 5.20. The fourth-order valence-corrected chi connectivity index (χ4v) is 1.49. The molecule has 98 valence electrons. The molecule has 0 radical (unpaired) electrons. The van der Waals surface area contributed by atoms with Crippen LogP contribution in [0.5, 0.6) is 0 Å². The van der Waals surface area contributed by atoms with E-state index in [1.165, 1.54) is 13.8 Å². The molecule has 6 heteroatoms. The van der Waals surface area contributed by atoms with Gasteiger partial charge in [-0.2, -0.15) is 0 Å². The van der Waals surface area contributed by atoms with Crippen LogP contribution >= 0.6 is 0 Å². The van der Waals surface area contributed by atoms with Gasteiger partial charge in [-0.1, -0.05) is 0 Å². The number of amides is 1. The third kappa shape index (κ3) is 4.12. The van der Waals surface area contributed by atoms with Crippen molar-refractivity contribution in [2.75, 3.05) is 0 Å². The zero-order valence-corrected chi connectivity index (χ0v) is 9.96. The minimum Gasteiger partial charge on any atom is -0.481 e. The van der Waals surface area contributed by atoms with Crippen molar-refractivity contribution in [1.82, 2.24) is 5.32 Å². The summed E-state index contributed by atoms with van der Waals surface area (Å²) in [7, 11) is 0. The minimum atomic E-state index is -1.08. The maximum Gasteiger partial charge on any atom is 0.305 e. The van der Waals surface area contributed by atoms with E-state index >= 15 is 0 Å². The summed E-state index contributed by atoms with van der Waals surface area (Å²) >= 11 is 0. The first-order chi connectivity index (χ1) is 8.19. The average molecular weight is 257 g/mol. The van der Waals surface area contributed by atoms with Crippen LogP contribution in [0.3, 0.4) is 0 Å². The molecule has 1 aromatic carbocycles. The topological polar surface area (TPSA) is 66.4 Å². The Kier molecular flexibility index (Phi) is 4.00. The quantitative estimate of drug-likeness (QED) is 0.866. The second-order valence-electron chi connectivity index (χ2n) is 4.57. The standard InChI is InChI=1S/C12H13F2NO3/c1-12(2,6-10(16)17)15-11(18)7-3-8(13)5-9(14)4-7/h3-5H,6H2,1-2H3,(H,15,18)(H,16,17). The number of carbonyl (C=O) groups excluding carboxylic acids is 1. The summed E-state index contributed by atoms with van der Waals surface area (Å²) in [5, 5.41) is 11.1. The van der Waals surface area contributed by atoms with Crippen molar-refractivity contribution in [2.45, 2.75) is 25.8 Å². The van der Waals surface area contributed by atoms with Crippen LogP contribution in [0.1, 0.15) is 30.6 Å². The van der Waals surface area contributed by atoms with E-state index in [1.54, 1.807) is 0 Å². The van der Waals surface area contributed by atoms with Crippen LogP contribution < -0.4 is 5.32 Å².